The van der Waals surface area contributed by atoms with Gasteiger partial charge in [-0.2, -0.15) is 0 Å². The Hall–Kier alpha value is -1.15. The lowest BCUT2D eigenvalue weighted by molar-refractivity contribution is 0.112. The lowest BCUT2D eigenvalue weighted by Gasteiger charge is -2.14. The molecule has 1 rings (SSSR count). The molecule has 0 aromatic heterocycles. The zero-order valence-electron chi connectivity index (χ0n) is 7.90. The van der Waals surface area contributed by atoms with Crippen molar-refractivity contribution in [2.45, 2.75) is 20.0 Å². The number of aldehydes is 1. The Kier molecular flexibility index (Phi) is 3.20. The van der Waals surface area contributed by atoms with Gasteiger partial charge in [-0.25, -0.2) is 0 Å². The van der Waals surface area contributed by atoms with Crippen LogP contribution in [0.4, 0.5) is 0 Å². The van der Waals surface area contributed by atoms with Gasteiger partial charge in [0.25, 0.3) is 0 Å². The molecule has 0 saturated heterocycles. The van der Waals surface area contributed by atoms with E-state index in [0.29, 0.717) is 5.56 Å². The SMILES string of the molecule is CC(C)C(O)c1cccc(C=O)c1. The summed E-state index contributed by atoms with van der Waals surface area (Å²) in [6.07, 6.45) is 0.302. The third kappa shape index (κ3) is 2.39. The van der Waals surface area contributed by atoms with E-state index in [2.05, 4.69) is 0 Å². The zero-order chi connectivity index (χ0) is 9.84. The number of carbonyl (C=O) groups is 1. The molecule has 0 saturated carbocycles. The fourth-order valence-corrected chi connectivity index (χ4v) is 1.20. The second-order valence-corrected chi connectivity index (χ2v) is 3.48. The summed E-state index contributed by atoms with van der Waals surface area (Å²) in [5.41, 5.74) is 1.41. The molecule has 0 aliphatic rings. The first-order chi connectivity index (χ1) is 6.15. The minimum atomic E-state index is -0.486. The second-order valence-electron chi connectivity index (χ2n) is 3.48. The molecule has 2 nitrogen and oxygen atoms in total. The van der Waals surface area contributed by atoms with Gasteiger partial charge in [0.1, 0.15) is 6.29 Å². The monoisotopic (exact) mass is 178 g/mol. The minimum Gasteiger partial charge on any atom is -0.388 e. The van der Waals surface area contributed by atoms with E-state index < -0.39 is 6.10 Å². The lowest BCUT2D eigenvalue weighted by Crippen LogP contribution is -2.05. The molecule has 1 N–H and O–H groups in total. The van der Waals surface area contributed by atoms with Crippen molar-refractivity contribution < 1.29 is 9.90 Å². The highest BCUT2D eigenvalue weighted by atomic mass is 16.3. The standard InChI is InChI=1S/C11H14O2/c1-8(2)11(13)10-5-3-4-9(6-10)7-12/h3-8,11,13H,1-2H3. The van der Waals surface area contributed by atoms with Crippen LogP contribution in [0.3, 0.4) is 0 Å². The summed E-state index contributed by atoms with van der Waals surface area (Å²) in [5, 5.41) is 9.70. The van der Waals surface area contributed by atoms with Crippen molar-refractivity contribution in [3.05, 3.63) is 35.4 Å². The summed E-state index contributed by atoms with van der Waals surface area (Å²) in [6, 6.07) is 7.06. The highest BCUT2D eigenvalue weighted by Crippen LogP contribution is 2.21. The van der Waals surface area contributed by atoms with Crippen molar-refractivity contribution in [1.29, 1.82) is 0 Å². The number of aliphatic hydroxyl groups is 1. The van der Waals surface area contributed by atoms with Crippen LogP contribution in [0.15, 0.2) is 24.3 Å². The first-order valence-corrected chi connectivity index (χ1v) is 4.38. The van der Waals surface area contributed by atoms with Crippen molar-refractivity contribution in [3.63, 3.8) is 0 Å². The van der Waals surface area contributed by atoms with Crippen LogP contribution in [0.1, 0.15) is 35.9 Å². The first kappa shape index (κ1) is 9.93. The Morgan fingerprint density at radius 3 is 2.62 bits per heavy atom. The fourth-order valence-electron chi connectivity index (χ4n) is 1.20. The maximum Gasteiger partial charge on any atom is 0.150 e. The van der Waals surface area contributed by atoms with E-state index >= 15 is 0 Å². The molecule has 1 aromatic rings. The van der Waals surface area contributed by atoms with Crippen molar-refractivity contribution in [2.24, 2.45) is 5.92 Å². The third-order valence-electron chi connectivity index (χ3n) is 2.02. The number of hydrogen-bond acceptors (Lipinski definition) is 2. The number of rotatable bonds is 3. The van der Waals surface area contributed by atoms with Crippen LogP contribution in [0.5, 0.6) is 0 Å². The van der Waals surface area contributed by atoms with Gasteiger partial charge in [-0.3, -0.25) is 4.79 Å². The van der Waals surface area contributed by atoms with Crippen molar-refractivity contribution in [3.8, 4) is 0 Å². The van der Waals surface area contributed by atoms with Gasteiger partial charge in [0.15, 0.2) is 0 Å². The number of aliphatic hydroxyl groups excluding tert-OH is 1. The molecule has 0 fully saturated rings. The van der Waals surface area contributed by atoms with E-state index in [1.54, 1.807) is 18.2 Å². The van der Waals surface area contributed by atoms with Crippen molar-refractivity contribution in [1.82, 2.24) is 0 Å². The van der Waals surface area contributed by atoms with Crippen LogP contribution in [-0.2, 0) is 0 Å². The topological polar surface area (TPSA) is 37.3 Å². The van der Waals surface area contributed by atoms with E-state index in [1.165, 1.54) is 0 Å². The van der Waals surface area contributed by atoms with E-state index in [1.807, 2.05) is 19.9 Å². The predicted molar refractivity (Wildman–Crippen MR) is 51.6 cm³/mol. The third-order valence-corrected chi connectivity index (χ3v) is 2.02. The van der Waals surface area contributed by atoms with E-state index in [-0.39, 0.29) is 5.92 Å². The van der Waals surface area contributed by atoms with Gasteiger partial charge in [0.2, 0.25) is 0 Å². The largest absolute Gasteiger partial charge is 0.388 e. The molecule has 0 aliphatic carbocycles. The van der Waals surface area contributed by atoms with Crippen molar-refractivity contribution in [2.75, 3.05) is 0 Å². The summed E-state index contributed by atoms with van der Waals surface area (Å²) in [5.74, 6) is 0.168. The van der Waals surface area contributed by atoms with Crippen LogP contribution in [-0.4, -0.2) is 11.4 Å². The number of carbonyl (C=O) groups excluding carboxylic acids is 1. The summed E-state index contributed by atoms with van der Waals surface area (Å²) < 4.78 is 0. The van der Waals surface area contributed by atoms with Crippen LogP contribution >= 0.6 is 0 Å². The smallest absolute Gasteiger partial charge is 0.150 e. The van der Waals surface area contributed by atoms with Gasteiger partial charge in [-0.15, -0.1) is 0 Å². The van der Waals surface area contributed by atoms with Gasteiger partial charge in [0.05, 0.1) is 6.10 Å². The highest BCUT2D eigenvalue weighted by molar-refractivity contribution is 5.74. The van der Waals surface area contributed by atoms with Crippen molar-refractivity contribution >= 4 is 6.29 Å². The molecule has 0 aliphatic heterocycles. The molecule has 2 heteroatoms. The molecule has 0 radical (unpaired) electrons. The van der Waals surface area contributed by atoms with E-state index in [0.717, 1.165) is 11.8 Å². The van der Waals surface area contributed by atoms with E-state index in [9.17, 15) is 9.90 Å². The molecule has 0 heterocycles. The van der Waals surface area contributed by atoms with Gasteiger partial charge < -0.3 is 5.11 Å². The summed E-state index contributed by atoms with van der Waals surface area (Å²) in [7, 11) is 0. The molecule has 0 amide bonds. The Morgan fingerprint density at radius 2 is 2.08 bits per heavy atom. The first-order valence-electron chi connectivity index (χ1n) is 4.38. The average Bonchev–Trinajstić information content (AvgIpc) is 2.16. The molecule has 0 bridgehead atoms. The van der Waals surface area contributed by atoms with Crippen LogP contribution in [0, 0.1) is 5.92 Å². The summed E-state index contributed by atoms with van der Waals surface area (Å²) in [6.45, 7) is 3.89. The molecule has 13 heavy (non-hydrogen) atoms. The highest BCUT2D eigenvalue weighted by Gasteiger charge is 2.11. The van der Waals surface area contributed by atoms with E-state index in [4.69, 9.17) is 0 Å². The Balaban J connectivity index is 2.94. The Bertz CT molecular complexity index is 292. The number of hydrogen-bond donors (Lipinski definition) is 1. The molecule has 1 aromatic carbocycles. The normalized spacial score (nSPS) is 12.9. The Morgan fingerprint density at radius 1 is 1.38 bits per heavy atom. The molecule has 70 valence electrons. The molecular formula is C11H14O2. The summed E-state index contributed by atoms with van der Waals surface area (Å²) >= 11 is 0. The predicted octanol–water partition coefficient (Wildman–Crippen LogP) is 2.19. The molecule has 1 unspecified atom stereocenters. The molecule has 0 spiro atoms. The van der Waals surface area contributed by atoms with Crippen LogP contribution in [0.2, 0.25) is 0 Å². The maximum atomic E-state index is 10.5. The quantitative estimate of drug-likeness (QED) is 0.720. The summed E-state index contributed by atoms with van der Waals surface area (Å²) in [4.78, 5) is 10.5. The van der Waals surface area contributed by atoms with Gasteiger partial charge in [-0.05, 0) is 17.5 Å². The second kappa shape index (κ2) is 4.19. The van der Waals surface area contributed by atoms with Gasteiger partial charge in [-0.1, -0.05) is 32.0 Å². The van der Waals surface area contributed by atoms with Crippen LogP contribution in [0.25, 0.3) is 0 Å². The van der Waals surface area contributed by atoms with Gasteiger partial charge >= 0.3 is 0 Å². The van der Waals surface area contributed by atoms with Gasteiger partial charge in [0, 0.05) is 5.56 Å². The minimum absolute atomic E-state index is 0.168. The fraction of sp³-hybridized carbons (Fsp3) is 0.364. The van der Waals surface area contributed by atoms with Crippen LogP contribution < -0.4 is 0 Å². The lowest BCUT2D eigenvalue weighted by atomic mass is 9.98. The maximum absolute atomic E-state index is 10.5. The Labute approximate surface area is 78.2 Å². The molecule has 1 atom stereocenters. The zero-order valence-corrected chi connectivity index (χ0v) is 7.90. The number of benzene rings is 1. The molecular weight excluding hydrogens is 164 g/mol. The average molecular weight is 178 g/mol.